The normalized spacial score (nSPS) is 14.3. The van der Waals surface area contributed by atoms with Crippen molar-refractivity contribution in [3.8, 4) is 0 Å². The van der Waals surface area contributed by atoms with Crippen molar-refractivity contribution in [1.29, 1.82) is 0 Å². The lowest BCUT2D eigenvalue weighted by molar-refractivity contribution is 0.0796. The second kappa shape index (κ2) is 7.92. The van der Waals surface area contributed by atoms with Gasteiger partial charge in [0, 0.05) is 31.7 Å². The van der Waals surface area contributed by atoms with Crippen LogP contribution in [-0.4, -0.2) is 52.5 Å². The zero-order valence-electron chi connectivity index (χ0n) is 12.7. The van der Waals surface area contributed by atoms with Gasteiger partial charge in [-0.15, -0.1) is 12.4 Å². The number of halogens is 1. The number of hydrogen-bond donors (Lipinski definition) is 2. The first-order chi connectivity index (χ1) is 9.94. The van der Waals surface area contributed by atoms with Crippen LogP contribution in [0.3, 0.4) is 0 Å². The SMILES string of the molecule is CNCCN(C)C(=O)c1ccc(S(=O)(=O)NC2CC2)cc1.Cl. The highest BCUT2D eigenvalue weighted by atomic mass is 35.5. The molecular weight excluding hydrogens is 326 g/mol. The lowest BCUT2D eigenvalue weighted by atomic mass is 10.2. The molecule has 0 atom stereocenters. The monoisotopic (exact) mass is 347 g/mol. The molecule has 1 aliphatic carbocycles. The van der Waals surface area contributed by atoms with Crippen LogP contribution < -0.4 is 10.0 Å². The Balaban J connectivity index is 0.00000242. The van der Waals surface area contributed by atoms with Gasteiger partial charge in [-0.1, -0.05) is 0 Å². The summed E-state index contributed by atoms with van der Waals surface area (Å²) >= 11 is 0. The summed E-state index contributed by atoms with van der Waals surface area (Å²) in [6.07, 6.45) is 1.79. The summed E-state index contributed by atoms with van der Waals surface area (Å²) in [5.74, 6) is -0.121. The van der Waals surface area contributed by atoms with Crippen LogP contribution in [-0.2, 0) is 10.0 Å². The van der Waals surface area contributed by atoms with Gasteiger partial charge >= 0.3 is 0 Å². The van der Waals surface area contributed by atoms with Crippen molar-refractivity contribution in [3.05, 3.63) is 29.8 Å². The van der Waals surface area contributed by atoms with E-state index in [1.165, 1.54) is 12.1 Å². The molecule has 2 N–H and O–H groups in total. The summed E-state index contributed by atoms with van der Waals surface area (Å²) in [5, 5.41) is 2.98. The van der Waals surface area contributed by atoms with Gasteiger partial charge in [0.15, 0.2) is 0 Å². The predicted octanol–water partition coefficient (Wildman–Crippen LogP) is 0.841. The molecule has 1 amide bonds. The van der Waals surface area contributed by atoms with Crippen molar-refractivity contribution in [2.24, 2.45) is 0 Å². The molecule has 6 nitrogen and oxygen atoms in total. The zero-order chi connectivity index (χ0) is 15.5. The van der Waals surface area contributed by atoms with Gasteiger partial charge in [-0.25, -0.2) is 13.1 Å². The third-order valence-electron chi connectivity index (χ3n) is 3.35. The smallest absolute Gasteiger partial charge is 0.253 e. The Morgan fingerprint density at radius 3 is 2.36 bits per heavy atom. The Morgan fingerprint density at radius 2 is 1.86 bits per heavy atom. The number of hydrogen-bond acceptors (Lipinski definition) is 4. The molecule has 0 heterocycles. The third-order valence-corrected chi connectivity index (χ3v) is 4.89. The highest BCUT2D eigenvalue weighted by Crippen LogP contribution is 2.22. The van der Waals surface area contributed by atoms with Crippen LogP contribution in [0.25, 0.3) is 0 Å². The van der Waals surface area contributed by atoms with Gasteiger partial charge in [0.05, 0.1) is 4.90 Å². The summed E-state index contributed by atoms with van der Waals surface area (Å²) in [6, 6.07) is 6.14. The van der Waals surface area contributed by atoms with E-state index in [9.17, 15) is 13.2 Å². The van der Waals surface area contributed by atoms with Crippen molar-refractivity contribution < 1.29 is 13.2 Å². The Bertz CT molecular complexity index is 600. The Morgan fingerprint density at radius 1 is 1.27 bits per heavy atom. The van der Waals surface area contributed by atoms with E-state index in [4.69, 9.17) is 0 Å². The molecule has 0 radical (unpaired) electrons. The first-order valence-corrected chi connectivity index (χ1v) is 8.45. The standard InChI is InChI=1S/C14H21N3O3S.ClH/c1-15-9-10-17(2)14(18)11-3-7-13(8-4-11)21(19,20)16-12-5-6-12;/h3-4,7-8,12,15-16H,5-6,9-10H2,1-2H3;1H. The quantitative estimate of drug-likeness (QED) is 0.766. The molecular formula is C14H22ClN3O3S. The first-order valence-electron chi connectivity index (χ1n) is 6.96. The minimum Gasteiger partial charge on any atom is -0.340 e. The molecule has 0 aliphatic heterocycles. The molecule has 2 rings (SSSR count). The molecule has 124 valence electrons. The summed E-state index contributed by atoms with van der Waals surface area (Å²) in [5.41, 5.74) is 0.485. The number of carbonyl (C=O) groups is 1. The number of nitrogens with zero attached hydrogens (tertiary/aromatic N) is 1. The topological polar surface area (TPSA) is 78.5 Å². The van der Waals surface area contributed by atoms with Crippen molar-refractivity contribution >= 4 is 28.3 Å². The van der Waals surface area contributed by atoms with Crippen molar-refractivity contribution in [1.82, 2.24) is 14.9 Å². The minimum absolute atomic E-state index is 0. The molecule has 1 aliphatic rings. The highest BCUT2D eigenvalue weighted by molar-refractivity contribution is 7.89. The van der Waals surface area contributed by atoms with E-state index in [2.05, 4.69) is 10.0 Å². The van der Waals surface area contributed by atoms with Crippen molar-refractivity contribution in [3.63, 3.8) is 0 Å². The van der Waals surface area contributed by atoms with Crippen LogP contribution in [0.15, 0.2) is 29.2 Å². The van der Waals surface area contributed by atoms with Crippen molar-refractivity contribution in [2.75, 3.05) is 27.2 Å². The van der Waals surface area contributed by atoms with E-state index in [0.717, 1.165) is 12.8 Å². The van der Waals surface area contributed by atoms with Gasteiger partial charge in [-0.2, -0.15) is 0 Å². The molecule has 8 heteroatoms. The maximum absolute atomic E-state index is 12.1. The molecule has 0 saturated heterocycles. The summed E-state index contributed by atoms with van der Waals surface area (Å²) in [7, 11) is 0.0866. The molecule has 1 aromatic carbocycles. The Labute approximate surface area is 137 Å². The zero-order valence-corrected chi connectivity index (χ0v) is 14.3. The first kappa shape index (κ1) is 18.9. The van der Waals surface area contributed by atoms with Gasteiger partial charge in [0.25, 0.3) is 5.91 Å². The van der Waals surface area contributed by atoms with E-state index in [0.29, 0.717) is 18.7 Å². The van der Waals surface area contributed by atoms with Crippen molar-refractivity contribution in [2.45, 2.75) is 23.8 Å². The molecule has 0 spiro atoms. The number of amides is 1. The average molecular weight is 348 g/mol. The molecule has 22 heavy (non-hydrogen) atoms. The number of sulfonamides is 1. The number of likely N-dealkylation sites (N-methyl/N-ethyl adjacent to an activating group) is 2. The molecule has 0 bridgehead atoms. The molecule has 1 saturated carbocycles. The van der Waals surface area contributed by atoms with Gasteiger partial charge in [0.1, 0.15) is 0 Å². The summed E-state index contributed by atoms with van der Waals surface area (Å²) < 4.78 is 26.7. The predicted molar refractivity (Wildman–Crippen MR) is 87.9 cm³/mol. The molecule has 0 unspecified atom stereocenters. The Hall–Kier alpha value is -1.15. The highest BCUT2D eigenvalue weighted by Gasteiger charge is 2.28. The van der Waals surface area contributed by atoms with E-state index in [-0.39, 0.29) is 29.3 Å². The second-order valence-corrected chi connectivity index (χ2v) is 6.96. The minimum atomic E-state index is -3.46. The van der Waals surface area contributed by atoms with Crippen LogP contribution in [0.1, 0.15) is 23.2 Å². The number of benzene rings is 1. The Kier molecular flexibility index (Phi) is 6.80. The maximum atomic E-state index is 12.1. The largest absolute Gasteiger partial charge is 0.340 e. The van der Waals surface area contributed by atoms with Crippen LogP contribution in [0, 0.1) is 0 Å². The average Bonchev–Trinajstić information content (AvgIpc) is 3.27. The van der Waals surface area contributed by atoms with Crippen LogP contribution in [0.2, 0.25) is 0 Å². The second-order valence-electron chi connectivity index (χ2n) is 5.25. The van der Waals surface area contributed by atoms with E-state index in [1.807, 2.05) is 7.05 Å². The van der Waals surface area contributed by atoms with Gasteiger partial charge in [-0.05, 0) is 44.2 Å². The number of nitrogens with one attached hydrogen (secondary N) is 2. The van der Waals surface area contributed by atoms with E-state index in [1.54, 1.807) is 24.1 Å². The van der Waals surface area contributed by atoms with E-state index >= 15 is 0 Å². The lowest BCUT2D eigenvalue weighted by Gasteiger charge is -2.17. The molecule has 1 aromatic rings. The van der Waals surface area contributed by atoms with Gasteiger partial charge < -0.3 is 10.2 Å². The fraction of sp³-hybridized carbons (Fsp3) is 0.500. The van der Waals surface area contributed by atoms with Crippen LogP contribution in [0.4, 0.5) is 0 Å². The fourth-order valence-electron chi connectivity index (χ4n) is 1.87. The van der Waals surface area contributed by atoms with E-state index < -0.39 is 10.0 Å². The summed E-state index contributed by atoms with van der Waals surface area (Å²) in [6.45, 7) is 1.30. The van der Waals surface area contributed by atoms with Gasteiger partial charge in [-0.3, -0.25) is 4.79 Å². The third kappa shape index (κ3) is 4.95. The van der Waals surface area contributed by atoms with Crippen LogP contribution >= 0.6 is 12.4 Å². The number of rotatable bonds is 7. The fourth-order valence-corrected chi connectivity index (χ4v) is 3.17. The lowest BCUT2D eigenvalue weighted by Crippen LogP contribution is -2.32. The maximum Gasteiger partial charge on any atom is 0.253 e. The van der Waals surface area contributed by atoms with Gasteiger partial charge in [0.2, 0.25) is 10.0 Å². The number of carbonyl (C=O) groups excluding carboxylic acids is 1. The van der Waals surface area contributed by atoms with Crippen LogP contribution in [0.5, 0.6) is 0 Å². The molecule has 0 aromatic heterocycles. The molecule has 1 fully saturated rings. The summed E-state index contributed by atoms with van der Waals surface area (Å²) in [4.78, 5) is 13.9.